The molecule has 6 nitrogen and oxygen atoms in total. The largest absolute Gasteiger partial charge is 0.494 e. The van der Waals surface area contributed by atoms with Crippen LogP contribution < -0.4 is 11.2 Å². The van der Waals surface area contributed by atoms with Gasteiger partial charge >= 0.3 is 5.69 Å². The molecule has 0 bridgehead atoms. The predicted octanol–water partition coefficient (Wildman–Crippen LogP) is 0.0184. The van der Waals surface area contributed by atoms with E-state index in [0.29, 0.717) is 0 Å². The molecule has 1 aromatic rings. The summed E-state index contributed by atoms with van der Waals surface area (Å²) in [5.74, 6) is -1.08. The first-order chi connectivity index (χ1) is 7.59. The highest BCUT2D eigenvalue weighted by Gasteiger charge is 2.30. The van der Waals surface area contributed by atoms with Gasteiger partial charge in [-0.25, -0.2) is 4.79 Å². The van der Waals surface area contributed by atoms with E-state index in [4.69, 9.17) is 0 Å². The summed E-state index contributed by atoms with van der Waals surface area (Å²) in [5.41, 5.74) is -2.59. The second kappa shape index (κ2) is 3.87. The first-order valence-electron chi connectivity index (χ1n) is 5.12. The Morgan fingerprint density at radius 1 is 1.12 bits per heavy atom. The van der Waals surface area contributed by atoms with Crippen molar-refractivity contribution in [1.29, 1.82) is 0 Å². The Morgan fingerprint density at radius 3 is 2.00 bits per heavy atom. The third-order valence-corrected chi connectivity index (χ3v) is 2.54. The number of aromatic nitrogens is 2. The van der Waals surface area contributed by atoms with Gasteiger partial charge in [-0.15, -0.1) is 0 Å². The zero-order chi connectivity index (χ0) is 13.5. The van der Waals surface area contributed by atoms with Gasteiger partial charge in [-0.3, -0.25) is 18.7 Å². The molecule has 0 aromatic carbocycles. The molecule has 0 aliphatic rings. The number of carbonyl (C=O) groups is 1. The van der Waals surface area contributed by atoms with Crippen LogP contribution in [0, 0.1) is 5.41 Å². The van der Waals surface area contributed by atoms with Gasteiger partial charge in [-0.1, -0.05) is 20.8 Å². The summed E-state index contributed by atoms with van der Waals surface area (Å²) >= 11 is 0. The summed E-state index contributed by atoms with van der Waals surface area (Å²) in [6.07, 6.45) is 0. The molecule has 1 heterocycles. The molecule has 94 valence electrons. The van der Waals surface area contributed by atoms with Crippen molar-refractivity contribution in [2.24, 2.45) is 19.5 Å². The highest BCUT2D eigenvalue weighted by atomic mass is 16.3. The molecule has 1 rings (SSSR count). The molecule has 1 N–H and O–H groups in total. The van der Waals surface area contributed by atoms with Gasteiger partial charge in [0.15, 0.2) is 5.78 Å². The number of carbonyl (C=O) groups excluding carboxylic acids is 1. The summed E-state index contributed by atoms with van der Waals surface area (Å²) in [6.45, 7) is 4.91. The van der Waals surface area contributed by atoms with Crippen LogP contribution in [0.5, 0.6) is 5.88 Å². The summed E-state index contributed by atoms with van der Waals surface area (Å²) in [6, 6.07) is 0. The van der Waals surface area contributed by atoms with Crippen molar-refractivity contribution in [2.75, 3.05) is 0 Å². The van der Waals surface area contributed by atoms with Gasteiger partial charge in [0, 0.05) is 19.5 Å². The fourth-order valence-electron chi connectivity index (χ4n) is 1.41. The van der Waals surface area contributed by atoms with Crippen molar-refractivity contribution in [3.05, 3.63) is 26.4 Å². The second-order valence-corrected chi connectivity index (χ2v) is 4.98. The number of hydrogen-bond donors (Lipinski definition) is 1. The molecule has 0 radical (unpaired) electrons. The molecule has 0 saturated carbocycles. The maximum atomic E-state index is 12.0. The van der Waals surface area contributed by atoms with E-state index in [1.165, 1.54) is 14.1 Å². The standard InChI is InChI=1S/C11H16N2O4/c1-11(2,3)7(14)6-8(15)12(4)10(17)13(5)9(6)16/h15H,1-5H3. The molecule has 0 aliphatic carbocycles. The highest BCUT2D eigenvalue weighted by Crippen LogP contribution is 2.22. The van der Waals surface area contributed by atoms with Crippen molar-refractivity contribution in [3.63, 3.8) is 0 Å². The van der Waals surface area contributed by atoms with E-state index in [1.54, 1.807) is 20.8 Å². The van der Waals surface area contributed by atoms with Crippen LogP contribution in [0.15, 0.2) is 9.59 Å². The first kappa shape index (κ1) is 13.2. The maximum absolute atomic E-state index is 12.0. The molecule has 6 heteroatoms. The number of nitrogens with zero attached hydrogens (tertiary/aromatic N) is 2. The topological polar surface area (TPSA) is 81.3 Å². The minimum atomic E-state index is -0.805. The van der Waals surface area contributed by atoms with Crippen LogP contribution in [0.1, 0.15) is 31.1 Å². The van der Waals surface area contributed by atoms with Crippen LogP contribution in [-0.4, -0.2) is 20.0 Å². The second-order valence-electron chi connectivity index (χ2n) is 4.98. The fraction of sp³-hybridized carbons (Fsp3) is 0.545. The third-order valence-electron chi connectivity index (χ3n) is 2.54. The number of rotatable bonds is 1. The lowest BCUT2D eigenvalue weighted by molar-refractivity contribution is 0.0850. The number of Topliss-reactive ketones (excluding diaryl/α,β-unsaturated/α-hetero) is 1. The number of aromatic hydroxyl groups is 1. The van der Waals surface area contributed by atoms with E-state index in [-0.39, 0.29) is 5.56 Å². The SMILES string of the molecule is Cn1c(O)c(C(=O)C(C)(C)C)c(=O)n(C)c1=O. The number of hydrogen-bond acceptors (Lipinski definition) is 4. The molecule has 0 unspecified atom stereocenters. The summed E-state index contributed by atoms with van der Waals surface area (Å²) in [4.78, 5) is 35.3. The predicted molar refractivity (Wildman–Crippen MR) is 62.4 cm³/mol. The molecule has 0 fully saturated rings. The fourth-order valence-corrected chi connectivity index (χ4v) is 1.41. The van der Waals surface area contributed by atoms with Crippen LogP contribution in [0.25, 0.3) is 0 Å². The minimum absolute atomic E-state index is 0.345. The molecule has 1 aromatic heterocycles. The van der Waals surface area contributed by atoms with Gasteiger partial charge in [-0.05, 0) is 0 Å². The summed E-state index contributed by atoms with van der Waals surface area (Å²) in [7, 11) is 2.57. The lowest BCUT2D eigenvalue weighted by Gasteiger charge is -2.18. The lowest BCUT2D eigenvalue weighted by atomic mass is 9.87. The average Bonchev–Trinajstić information content (AvgIpc) is 2.22. The van der Waals surface area contributed by atoms with Gasteiger partial charge in [0.1, 0.15) is 5.56 Å². The van der Waals surface area contributed by atoms with Crippen molar-refractivity contribution < 1.29 is 9.90 Å². The average molecular weight is 240 g/mol. The van der Waals surface area contributed by atoms with E-state index in [0.717, 1.165) is 9.13 Å². The molecule has 0 amide bonds. The quantitative estimate of drug-likeness (QED) is 0.701. The van der Waals surface area contributed by atoms with Gasteiger partial charge in [0.2, 0.25) is 5.88 Å². The Bertz CT molecular complexity index is 587. The maximum Gasteiger partial charge on any atom is 0.333 e. The molecule has 0 saturated heterocycles. The van der Waals surface area contributed by atoms with Gasteiger partial charge in [-0.2, -0.15) is 0 Å². The Balaban J connectivity index is 3.74. The van der Waals surface area contributed by atoms with Crippen LogP contribution in [0.4, 0.5) is 0 Å². The van der Waals surface area contributed by atoms with Crippen molar-refractivity contribution in [2.45, 2.75) is 20.8 Å². The van der Waals surface area contributed by atoms with E-state index >= 15 is 0 Å². The van der Waals surface area contributed by atoms with Gasteiger partial charge in [0.25, 0.3) is 5.56 Å². The minimum Gasteiger partial charge on any atom is -0.494 e. The number of ketones is 1. The smallest absolute Gasteiger partial charge is 0.333 e. The zero-order valence-corrected chi connectivity index (χ0v) is 10.6. The summed E-state index contributed by atoms with van der Waals surface area (Å²) < 4.78 is 1.68. The Labute approximate surface area is 98.1 Å². The van der Waals surface area contributed by atoms with Crippen LogP contribution in [0.2, 0.25) is 0 Å². The Hall–Kier alpha value is -1.85. The first-order valence-corrected chi connectivity index (χ1v) is 5.12. The third kappa shape index (κ3) is 2.02. The lowest BCUT2D eigenvalue weighted by Crippen LogP contribution is -2.41. The molecule has 0 aliphatic heterocycles. The van der Waals surface area contributed by atoms with Crippen molar-refractivity contribution in [1.82, 2.24) is 9.13 Å². The Kier molecular flexibility index (Phi) is 3.01. The zero-order valence-electron chi connectivity index (χ0n) is 10.6. The molecular weight excluding hydrogens is 224 g/mol. The molecule has 17 heavy (non-hydrogen) atoms. The van der Waals surface area contributed by atoms with Gasteiger partial charge in [0.05, 0.1) is 0 Å². The monoisotopic (exact) mass is 240 g/mol. The highest BCUT2D eigenvalue weighted by molar-refractivity contribution is 6.01. The van der Waals surface area contributed by atoms with E-state index < -0.39 is 28.3 Å². The molecule has 0 atom stereocenters. The van der Waals surface area contributed by atoms with Crippen LogP contribution in [-0.2, 0) is 14.1 Å². The van der Waals surface area contributed by atoms with Gasteiger partial charge < -0.3 is 5.11 Å². The van der Waals surface area contributed by atoms with E-state index in [9.17, 15) is 19.5 Å². The molecule has 0 spiro atoms. The molecular formula is C11H16N2O4. The Morgan fingerprint density at radius 2 is 1.59 bits per heavy atom. The van der Waals surface area contributed by atoms with E-state index in [1.807, 2.05) is 0 Å². The van der Waals surface area contributed by atoms with Crippen LogP contribution >= 0.6 is 0 Å². The normalized spacial score (nSPS) is 11.6. The van der Waals surface area contributed by atoms with E-state index in [2.05, 4.69) is 0 Å². The van der Waals surface area contributed by atoms with Crippen LogP contribution in [0.3, 0.4) is 0 Å². The van der Waals surface area contributed by atoms with Crippen molar-refractivity contribution in [3.8, 4) is 5.88 Å². The summed E-state index contributed by atoms with van der Waals surface area (Å²) in [5, 5.41) is 9.75. The van der Waals surface area contributed by atoms with Crippen molar-refractivity contribution >= 4 is 5.78 Å².